The van der Waals surface area contributed by atoms with Gasteiger partial charge in [0.2, 0.25) is 0 Å². The molecule has 1 N–H and O–H groups in total. The van der Waals surface area contributed by atoms with Crippen molar-refractivity contribution in [1.29, 1.82) is 0 Å². The van der Waals surface area contributed by atoms with E-state index in [1.165, 1.54) is 11.3 Å². The minimum absolute atomic E-state index is 0.228. The second-order valence-corrected chi connectivity index (χ2v) is 7.94. The van der Waals surface area contributed by atoms with E-state index in [1.807, 2.05) is 55.6 Å². The molecule has 10 heteroatoms. The number of amides is 1. The van der Waals surface area contributed by atoms with Crippen molar-refractivity contribution >= 4 is 29.0 Å². The molecule has 3 aromatic heterocycles. The summed E-state index contributed by atoms with van der Waals surface area (Å²) in [6.07, 6.45) is 3.56. The van der Waals surface area contributed by atoms with E-state index in [0.29, 0.717) is 0 Å². The summed E-state index contributed by atoms with van der Waals surface area (Å²) in [7, 11) is 0. The van der Waals surface area contributed by atoms with E-state index in [4.69, 9.17) is 0 Å². The third-order valence-corrected chi connectivity index (χ3v) is 5.72. The lowest BCUT2D eigenvalue weighted by molar-refractivity contribution is 0.0945. The fourth-order valence-electron chi connectivity index (χ4n) is 2.64. The highest BCUT2D eigenvalue weighted by atomic mass is 32.2. The van der Waals surface area contributed by atoms with Gasteiger partial charge in [-0.3, -0.25) is 4.79 Å². The molecule has 3 heterocycles. The SMILES string of the molecule is CSc1ccc(-n2cc(C(=O)NCc3nnc(-c4ccccc4)s3)nn2)c(C)n1. The van der Waals surface area contributed by atoms with Gasteiger partial charge in [-0.05, 0) is 25.3 Å². The lowest BCUT2D eigenvalue weighted by Crippen LogP contribution is -2.23. The minimum atomic E-state index is -0.320. The standard InChI is InChI=1S/C19H17N7OS2/c1-12-15(8-9-16(21-12)28-2)26-11-14(22-25-26)18(27)20-10-17-23-24-19(29-17)13-6-4-3-5-7-13/h3-9,11H,10H2,1-2H3,(H,20,27). The maximum Gasteiger partial charge on any atom is 0.273 e. The second-order valence-electron chi connectivity index (χ2n) is 6.06. The summed E-state index contributed by atoms with van der Waals surface area (Å²) in [6, 6.07) is 13.6. The van der Waals surface area contributed by atoms with Crippen LogP contribution in [0.25, 0.3) is 16.3 Å². The average Bonchev–Trinajstić information content (AvgIpc) is 3.42. The van der Waals surface area contributed by atoms with Crippen LogP contribution in [0.5, 0.6) is 0 Å². The Hall–Kier alpha value is -3.11. The minimum Gasteiger partial charge on any atom is -0.344 e. The molecule has 0 aliphatic rings. The molecular formula is C19H17N7OS2. The van der Waals surface area contributed by atoms with Crippen molar-refractivity contribution in [2.45, 2.75) is 18.5 Å². The zero-order valence-corrected chi connectivity index (χ0v) is 17.4. The molecule has 1 aromatic carbocycles. The zero-order valence-electron chi connectivity index (χ0n) is 15.7. The van der Waals surface area contributed by atoms with Crippen LogP contribution in [0.2, 0.25) is 0 Å². The number of benzene rings is 1. The fourth-order valence-corrected chi connectivity index (χ4v) is 3.86. The molecule has 0 saturated heterocycles. The number of hydrogen-bond acceptors (Lipinski definition) is 8. The Bertz CT molecular complexity index is 1140. The highest BCUT2D eigenvalue weighted by Crippen LogP contribution is 2.23. The molecule has 0 saturated carbocycles. The lowest BCUT2D eigenvalue weighted by atomic mass is 10.2. The van der Waals surface area contributed by atoms with Crippen LogP contribution in [-0.2, 0) is 6.54 Å². The topological polar surface area (TPSA) is 98.5 Å². The number of hydrogen-bond donors (Lipinski definition) is 1. The Balaban J connectivity index is 1.42. The summed E-state index contributed by atoms with van der Waals surface area (Å²) in [6.45, 7) is 2.18. The summed E-state index contributed by atoms with van der Waals surface area (Å²) in [5.74, 6) is -0.320. The van der Waals surface area contributed by atoms with Crippen LogP contribution in [0, 0.1) is 6.92 Å². The molecule has 1 amide bonds. The van der Waals surface area contributed by atoms with Crippen molar-refractivity contribution in [3.63, 3.8) is 0 Å². The van der Waals surface area contributed by atoms with Gasteiger partial charge in [0.15, 0.2) is 5.69 Å². The van der Waals surface area contributed by atoms with Crippen LogP contribution in [0.15, 0.2) is 53.7 Å². The van der Waals surface area contributed by atoms with Gasteiger partial charge in [0.05, 0.1) is 29.1 Å². The molecule has 146 valence electrons. The molecule has 0 fully saturated rings. The predicted octanol–water partition coefficient (Wildman–Crippen LogP) is 3.14. The lowest BCUT2D eigenvalue weighted by Gasteiger charge is -2.05. The first-order valence-electron chi connectivity index (χ1n) is 8.74. The number of nitrogens with one attached hydrogen (secondary N) is 1. The molecule has 0 aliphatic carbocycles. The van der Waals surface area contributed by atoms with Gasteiger partial charge in [0.1, 0.15) is 10.0 Å². The van der Waals surface area contributed by atoms with Crippen LogP contribution in [-0.4, -0.2) is 42.3 Å². The van der Waals surface area contributed by atoms with E-state index in [0.717, 1.165) is 32.0 Å². The highest BCUT2D eigenvalue weighted by Gasteiger charge is 2.14. The molecule has 0 bridgehead atoms. The van der Waals surface area contributed by atoms with Gasteiger partial charge >= 0.3 is 0 Å². The molecular weight excluding hydrogens is 406 g/mol. The third-order valence-electron chi connectivity index (χ3n) is 4.10. The quantitative estimate of drug-likeness (QED) is 0.476. The van der Waals surface area contributed by atoms with E-state index in [-0.39, 0.29) is 18.1 Å². The summed E-state index contributed by atoms with van der Waals surface area (Å²) in [5.41, 5.74) is 2.83. The maximum atomic E-state index is 12.4. The van der Waals surface area contributed by atoms with Gasteiger partial charge in [-0.1, -0.05) is 46.9 Å². The van der Waals surface area contributed by atoms with Gasteiger partial charge in [-0.15, -0.1) is 27.1 Å². The van der Waals surface area contributed by atoms with E-state index < -0.39 is 0 Å². The second kappa shape index (κ2) is 8.50. The molecule has 4 rings (SSSR count). The number of nitrogens with zero attached hydrogens (tertiary/aromatic N) is 6. The Morgan fingerprint density at radius 2 is 1.97 bits per heavy atom. The fraction of sp³-hybridized carbons (Fsp3) is 0.158. The number of thioether (sulfide) groups is 1. The van der Waals surface area contributed by atoms with Crippen LogP contribution in [0.4, 0.5) is 0 Å². The molecule has 29 heavy (non-hydrogen) atoms. The van der Waals surface area contributed by atoms with Gasteiger partial charge in [-0.2, -0.15) is 0 Å². The Labute approximate surface area is 175 Å². The van der Waals surface area contributed by atoms with E-state index in [1.54, 1.807) is 22.6 Å². The number of aromatic nitrogens is 6. The largest absolute Gasteiger partial charge is 0.344 e. The molecule has 0 aliphatic heterocycles. The monoisotopic (exact) mass is 423 g/mol. The van der Waals surface area contributed by atoms with Crippen molar-refractivity contribution in [2.75, 3.05) is 6.26 Å². The Morgan fingerprint density at radius 3 is 2.72 bits per heavy atom. The molecule has 0 radical (unpaired) electrons. The van der Waals surface area contributed by atoms with E-state index in [2.05, 4.69) is 30.8 Å². The molecule has 0 unspecified atom stereocenters. The number of pyridine rings is 1. The summed E-state index contributed by atoms with van der Waals surface area (Å²) in [5, 5.41) is 21.6. The van der Waals surface area contributed by atoms with Gasteiger partial charge < -0.3 is 5.32 Å². The number of carbonyl (C=O) groups is 1. The van der Waals surface area contributed by atoms with Crippen molar-refractivity contribution in [3.8, 4) is 16.3 Å². The Morgan fingerprint density at radius 1 is 1.14 bits per heavy atom. The number of carbonyl (C=O) groups excluding carboxylic acids is 1. The summed E-state index contributed by atoms with van der Waals surface area (Å²) in [4.78, 5) is 16.9. The number of rotatable bonds is 6. The normalized spacial score (nSPS) is 10.8. The zero-order chi connectivity index (χ0) is 20.2. The van der Waals surface area contributed by atoms with Gasteiger partial charge in [0, 0.05) is 5.56 Å². The van der Waals surface area contributed by atoms with Crippen molar-refractivity contribution < 1.29 is 4.79 Å². The van der Waals surface area contributed by atoms with Crippen molar-refractivity contribution in [1.82, 2.24) is 35.5 Å². The van der Waals surface area contributed by atoms with E-state index in [9.17, 15) is 4.79 Å². The first-order chi connectivity index (χ1) is 14.1. The number of aryl methyl sites for hydroxylation is 1. The first kappa shape index (κ1) is 19.2. The Kier molecular flexibility index (Phi) is 5.63. The average molecular weight is 424 g/mol. The third kappa shape index (κ3) is 4.33. The molecule has 0 spiro atoms. The van der Waals surface area contributed by atoms with Crippen molar-refractivity contribution in [2.24, 2.45) is 0 Å². The van der Waals surface area contributed by atoms with Crippen LogP contribution < -0.4 is 5.32 Å². The molecule has 4 aromatic rings. The molecule has 0 atom stereocenters. The van der Waals surface area contributed by atoms with Crippen LogP contribution in [0.3, 0.4) is 0 Å². The highest BCUT2D eigenvalue weighted by molar-refractivity contribution is 7.98. The van der Waals surface area contributed by atoms with Crippen LogP contribution >= 0.6 is 23.1 Å². The molecule has 8 nitrogen and oxygen atoms in total. The van der Waals surface area contributed by atoms with E-state index >= 15 is 0 Å². The smallest absolute Gasteiger partial charge is 0.273 e. The summed E-state index contributed by atoms with van der Waals surface area (Å²) < 4.78 is 1.56. The maximum absolute atomic E-state index is 12.4. The van der Waals surface area contributed by atoms with Crippen molar-refractivity contribution in [3.05, 3.63) is 65.1 Å². The summed E-state index contributed by atoms with van der Waals surface area (Å²) >= 11 is 3.01. The first-order valence-corrected chi connectivity index (χ1v) is 10.8. The predicted molar refractivity (Wildman–Crippen MR) is 112 cm³/mol. The van der Waals surface area contributed by atoms with Gasteiger partial charge in [0.25, 0.3) is 5.91 Å². The van der Waals surface area contributed by atoms with Gasteiger partial charge in [-0.25, -0.2) is 9.67 Å². The van der Waals surface area contributed by atoms with Crippen LogP contribution in [0.1, 0.15) is 21.2 Å².